The van der Waals surface area contributed by atoms with E-state index in [1.807, 2.05) is 0 Å². The Bertz CT molecular complexity index is 1860. The topological polar surface area (TPSA) is 43.9 Å². The zero-order valence-corrected chi connectivity index (χ0v) is 16.6. The number of sulfonamides is 1. The minimum atomic E-state index is -5.43. The second-order valence-corrected chi connectivity index (χ2v) is 8.75. The standard InChI is InChI=1S/C23H29N3O2S2/c1-24(2)30(27,28)18-10-11-23-21(17-18)19(20-7-4-5-9-22(20)29-23)8-6-12-26-15-13-25(3)14-16-26/h4-5,7-11,17H,6,12-16H2,1-3H3/b19-8-/i1D3,2D3,3D3,6D2,8D,12D2,13D2,14D2,15D2,16D2. The molecule has 2 aromatic carbocycles. The fourth-order valence-corrected chi connectivity index (χ4v) is 4.47. The number of benzene rings is 2. The number of nitrogens with zero attached hydrogens (tertiary/aromatic N) is 3. The SMILES string of the molecule is [2H]/C(=C1\c2ccccc2Sc2ccc(S(=O)(=O)N(C([2H])([2H])[2H])C([2H])([2H])[2H])cc21)C([2H])([2H])C([2H])([2H])N1C([2H])([2H])C([2H])([2H])N(C([2H])([2H])[2H])C([2H])([2H])C1([2H])[2H]. The van der Waals surface area contributed by atoms with E-state index in [2.05, 4.69) is 0 Å². The average Bonchev–Trinajstić information content (AvgIpc) is 2.90. The highest BCUT2D eigenvalue weighted by atomic mass is 32.2. The first kappa shape index (κ1) is 7.46. The van der Waals surface area contributed by atoms with E-state index in [-0.39, 0.29) is 20.9 Å². The third-order valence-corrected chi connectivity index (χ3v) is 6.52. The van der Waals surface area contributed by atoms with Crippen LogP contribution in [0.25, 0.3) is 5.57 Å². The number of hydrogen-bond donors (Lipinski definition) is 0. The highest BCUT2D eigenvalue weighted by molar-refractivity contribution is 7.99. The van der Waals surface area contributed by atoms with E-state index in [4.69, 9.17) is 30.2 Å². The molecule has 2 aliphatic rings. The van der Waals surface area contributed by atoms with Crippen LogP contribution >= 0.6 is 11.8 Å². The summed E-state index contributed by atoms with van der Waals surface area (Å²) in [5, 5.41) is 0. The van der Waals surface area contributed by atoms with Gasteiger partial charge < -0.3 is 9.80 Å². The minimum absolute atomic E-state index is 0.0627. The molecule has 2 heterocycles. The van der Waals surface area contributed by atoms with Crippen LogP contribution in [-0.4, -0.2) is 75.9 Å². The molecule has 0 bridgehead atoms. The fraction of sp³-hybridized carbons (Fsp3) is 0.391. The summed E-state index contributed by atoms with van der Waals surface area (Å²) in [6.07, 6.45) is -4.00. The normalized spacial score (nSPS) is 39.2. The molecule has 0 atom stereocenters. The van der Waals surface area contributed by atoms with Crippen LogP contribution in [0.15, 0.2) is 63.2 Å². The predicted molar refractivity (Wildman–Crippen MR) is 124 cm³/mol. The van der Waals surface area contributed by atoms with Crippen LogP contribution in [-0.2, 0) is 10.0 Å². The van der Waals surface area contributed by atoms with Crippen molar-refractivity contribution in [2.24, 2.45) is 0 Å². The molecule has 0 unspecified atom stereocenters. The highest BCUT2D eigenvalue weighted by Crippen LogP contribution is 2.46. The van der Waals surface area contributed by atoms with Crippen molar-refractivity contribution in [1.29, 1.82) is 0 Å². The molecule has 7 heteroatoms. The second-order valence-electron chi connectivity index (χ2n) is 5.88. The molecule has 0 spiro atoms. The van der Waals surface area contributed by atoms with Gasteiger partial charge in [0.25, 0.3) is 0 Å². The summed E-state index contributed by atoms with van der Waals surface area (Å²) in [7, 11) is -5.43. The van der Waals surface area contributed by atoms with Crippen LogP contribution < -0.4 is 0 Å². The first-order chi connectivity index (χ1) is 22.9. The van der Waals surface area contributed by atoms with Crippen LogP contribution in [0.1, 0.15) is 47.7 Å². The molecule has 0 radical (unpaired) electrons. The van der Waals surface area contributed by atoms with E-state index in [9.17, 15) is 8.42 Å². The smallest absolute Gasteiger partial charge is 0.242 e. The largest absolute Gasteiger partial charge is 0.304 e. The van der Waals surface area contributed by atoms with E-state index in [1.165, 1.54) is 24.3 Å². The molecule has 2 aromatic rings. The number of piperazine rings is 1. The van der Waals surface area contributed by atoms with Crippen molar-refractivity contribution in [1.82, 2.24) is 14.1 Å². The number of rotatable bonds is 5. The van der Waals surface area contributed by atoms with Crippen molar-refractivity contribution < 1.29 is 38.6 Å². The molecular formula is C23H29N3O2S2. The Morgan fingerprint density at radius 1 is 1.17 bits per heavy atom. The van der Waals surface area contributed by atoms with Crippen LogP contribution in [0.3, 0.4) is 0 Å². The van der Waals surface area contributed by atoms with Gasteiger partial charge in [0.2, 0.25) is 10.0 Å². The lowest BCUT2D eigenvalue weighted by atomic mass is 9.96. The third-order valence-electron chi connectivity index (χ3n) is 4.04. The van der Waals surface area contributed by atoms with Crippen LogP contribution in [0, 0.1) is 0 Å². The molecule has 0 amide bonds. The molecule has 1 fully saturated rings. The first-order valence-electron chi connectivity index (χ1n) is 19.2. The molecule has 30 heavy (non-hydrogen) atoms. The molecular weight excluding hydrogens is 414 g/mol. The van der Waals surface area contributed by atoms with Gasteiger partial charge in [0.05, 0.1) is 6.27 Å². The maximum atomic E-state index is 13.6. The van der Waals surface area contributed by atoms with Gasteiger partial charge in [0, 0.05) is 85.0 Å². The Labute approximate surface area is 215 Å². The zero-order valence-electron chi connectivity index (χ0n) is 37.0. The lowest BCUT2D eigenvalue weighted by molar-refractivity contribution is 0.156. The zero-order chi connectivity index (χ0) is 40.4. The summed E-state index contributed by atoms with van der Waals surface area (Å²) in [4.78, 5) is -2.13. The summed E-state index contributed by atoms with van der Waals surface area (Å²) in [5.41, 5.74) is -1.06. The lowest BCUT2D eigenvalue weighted by Gasteiger charge is -2.32. The maximum Gasteiger partial charge on any atom is 0.242 e. The van der Waals surface area contributed by atoms with Crippen molar-refractivity contribution >= 4 is 27.4 Å². The third kappa shape index (κ3) is 4.36. The Hall–Kier alpha value is -1.64. The molecule has 0 saturated carbocycles. The van der Waals surface area contributed by atoms with E-state index in [1.54, 1.807) is 0 Å². The van der Waals surface area contributed by atoms with Gasteiger partial charge in [0.15, 0.2) is 0 Å². The van der Waals surface area contributed by atoms with Gasteiger partial charge in [-0.05, 0) is 54.3 Å². The van der Waals surface area contributed by atoms with Crippen molar-refractivity contribution in [3.05, 3.63) is 59.6 Å². The molecule has 4 rings (SSSR count). The minimum Gasteiger partial charge on any atom is -0.304 e. The van der Waals surface area contributed by atoms with Crippen molar-refractivity contribution in [2.45, 2.75) is 21.1 Å². The van der Waals surface area contributed by atoms with Crippen molar-refractivity contribution in [2.75, 3.05) is 53.4 Å². The summed E-state index contributed by atoms with van der Waals surface area (Å²) >= 11 is 0.937. The Morgan fingerprint density at radius 3 is 2.70 bits per heavy atom. The van der Waals surface area contributed by atoms with Crippen molar-refractivity contribution in [3.8, 4) is 0 Å². The summed E-state index contributed by atoms with van der Waals surface area (Å²) in [6, 6.07) is 6.90. The van der Waals surface area contributed by atoms with Gasteiger partial charge in [0.1, 0.15) is 0 Å². The van der Waals surface area contributed by atoms with E-state index in [0.29, 0.717) is 0 Å². The average molecular weight is 466 g/mol. The van der Waals surface area contributed by atoms with Crippen molar-refractivity contribution in [3.63, 3.8) is 0 Å². The second kappa shape index (κ2) is 8.85. The first-order valence-corrected chi connectivity index (χ1v) is 10.5. The molecule has 2 aliphatic heterocycles. The summed E-state index contributed by atoms with van der Waals surface area (Å²) < 4.78 is 207. The highest BCUT2D eigenvalue weighted by Gasteiger charge is 2.25. The number of fused-ring (bicyclic) bond motifs is 2. The fourth-order valence-electron chi connectivity index (χ4n) is 2.68. The van der Waals surface area contributed by atoms with E-state index in [0.717, 1.165) is 30.0 Å². The molecule has 160 valence electrons. The molecule has 0 aromatic heterocycles. The number of hydrogen-bond acceptors (Lipinski definition) is 5. The van der Waals surface area contributed by atoms with Gasteiger partial charge in [-0.1, -0.05) is 36.0 Å². The van der Waals surface area contributed by atoms with Crippen LogP contribution in [0.4, 0.5) is 0 Å². The molecule has 0 N–H and O–H groups in total. The van der Waals surface area contributed by atoms with Gasteiger partial charge in [-0.2, -0.15) is 0 Å². The van der Waals surface area contributed by atoms with E-state index >= 15 is 0 Å². The van der Waals surface area contributed by atoms with E-state index < -0.39 is 100 Å². The monoisotopic (exact) mass is 465 g/mol. The molecule has 5 nitrogen and oxygen atoms in total. The lowest BCUT2D eigenvalue weighted by Crippen LogP contribution is -2.44. The maximum absolute atomic E-state index is 13.6. The summed E-state index contributed by atoms with van der Waals surface area (Å²) in [5.74, 6) is 0. The molecule has 1 saturated heterocycles. The predicted octanol–water partition coefficient (Wildman–Crippen LogP) is 3.47. The Balaban J connectivity index is 2.05. The van der Waals surface area contributed by atoms with Crippen LogP contribution in [0.2, 0.25) is 0 Å². The summed E-state index contributed by atoms with van der Waals surface area (Å²) in [6.45, 7) is -32.1. The number of likely N-dealkylation sites (N-methyl/N-ethyl adjacent to an activating group) is 1. The van der Waals surface area contributed by atoms with Crippen LogP contribution in [0.5, 0.6) is 0 Å². The van der Waals surface area contributed by atoms with Gasteiger partial charge in [-0.25, -0.2) is 12.7 Å². The Morgan fingerprint density at radius 2 is 1.93 bits per heavy atom. The van der Waals surface area contributed by atoms with Gasteiger partial charge in [-0.3, -0.25) is 0 Å². The van der Waals surface area contributed by atoms with Gasteiger partial charge >= 0.3 is 0 Å². The van der Waals surface area contributed by atoms with Gasteiger partial charge in [-0.15, -0.1) is 0 Å². The quantitative estimate of drug-likeness (QED) is 0.577. The molecule has 0 aliphatic carbocycles. The Kier molecular flexibility index (Phi) is 2.20.